The van der Waals surface area contributed by atoms with Gasteiger partial charge in [-0.05, 0) is 38.1 Å². The SMILES string of the molecule is Cc1noc([C@@H](C)NS(=O)(=O)c2ccc(Cl)cc2)c1C(=O)O. The summed E-state index contributed by atoms with van der Waals surface area (Å²) in [4.78, 5) is 11.2. The van der Waals surface area contributed by atoms with E-state index in [-0.39, 0.29) is 21.9 Å². The lowest BCUT2D eigenvalue weighted by Gasteiger charge is -2.12. The second-order valence-corrected chi connectivity index (χ2v) is 6.76. The van der Waals surface area contributed by atoms with Crippen LogP contribution in [0.25, 0.3) is 0 Å². The van der Waals surface area contributed by atoms with Crippen LogP contribution in [0.1, 0.15) is 34.8 Å². The summed E-state index contributed by atoms with van der Waals surface area (Å²) in [5.74, 6) is -1.28. The molecule has 9 heteroatoms. The highest BCUT2D eigenvalue weighted by Crippen LogP contribution is 2.23. The first-order chi connectivity index (χ1) is 10.2. The van der Waals surface area contributed by atoms with Crippen molar-refractivity contribution in [2.45, 2.75) is 24.8 Å². The number of aromatic nitrogens is 1. The summed E-state index contributed by atoms with van der Waals surface area (Å²) >= 11 is 5.72. The number of carboxylic acids is 1. The Hall–Kier alpha value is -1.90. The van der Waals surface area contributed by atoms with Crippen molar-refractivity contribution in [3.05, 3.63) is 46.3 Å². The summed E-state index contributed by atoms with van der Waals surface area (Å²) in [5, 5.41) is 13.1. The summed E-state index contributed by atoms with van der Waals surface area (Å²) in [6.07, 6.45) is 0. The Morgan fingerprint density at radius 1 is 1.36 bits per heavy atom. The van der Waals surface area contributed by atoms with Gasteiger partial charge in [-0.15, -0.1) is 0 Å². The van der Waals surface area contributed by atoms with E-state index in [1.165, 1.54) is 38.1 Å². The van der Waals surface area contributed by atoms with Crippen LogP contribution in [0, 0.1) is 6.92 Å². The van der Waals surface area contributed by atoms with E-state index >= 15 is 0 Å². The number of sulfonamides is 1. The fourth-order valence-corrected chi connectivity index (χ4v) is 3.24. The maximum absolute atomic E-state index is 12.3. The lowest BCUT2D eigenvalue weighted by molar-refractivity contribution is 0.0692. The van der Waals surface area contributed by atoms with E-state index in [0.717, 1.165) is 0 Å². The summed E-state index contributed by atoms with van der Waals surface area (Å²) < 4.78 is 31.8. The van der Waals surface area contributed by atoms with E-state index in [0.29, 0.717) is 5.02 Å². The highest BCUT2D eigenvalue weighted by molar-refractivity contribution is 7.89. The van der Waals surface area contributed by atoms with E-state index in [1.807, 2.05) is 0 Å². The van der Waals surface area contributed by atoms with Gasteiger partial charge in [0.15, 0.2) is 5.76 Å². The minimum absolute atomic E-state index is 0.0110. The molecule has 1 atom stereocenters. The van der Waals surface area contributed by atoms with Crippen molar-refractivity contribution < 1.29 is 22.8 Å². The minimum Gasteiger partial charge on any atom is -0.477 e. The molecule has 0 aliphatic carbocycles. The fraction of sp³-hybridized carbons (Fsp3) is 0.231. The second-order valence-electron chi connectivity index (χ2n) is 4.61. The van der Waals surface area contributed by atoms with Crippen molar-refractivity contribution in [2.75, 3.05) is 0 Å². The summed E-state index contributed by atoms with van der Waals surface area (Å²) in [5.41, 5.74) is 0.0337. The Morgan fingerprint density at radius 2 is 1.95 bits per heavy atom. The van der Waals surface area contributed by atoms with Gasteiger partial charge in [0.05, 0.1) is 16.6 Å². The van der Waals surface area contributed by atoms with Gasteiger partial charge in [-0.25, -0.2) is 17.9 Å². The summed E-state index contributed by atoms with van der Waals surface area (Å²) in [7, 11) is -3.85. The average Bonchev–Trinajstić information content (AvgIpc) is 2.81. The molecule has 0 fully saturated rings. The third-order valence-electron chi connectivity index (χ3n) is 2.95. The largest absolute Gasteiger partial charge is 0.477 e. The molecule has 22 heavy (non-hydrogen) atoms. The van der Waals surface area contributed by atoms with Crippen LogP contribution in [-0.2, 0) is 10.0 Å². The Labute approximate surface area is 131 Å². The maximum atomic E-state index is 12.3. The topological polar surface area (TPSA) is 110 Å². The van der Waals surface area contributed by atoms with Gasteiger partial charge in [0.1, 0.15) is 5.56 Å². The highest BCUT2D eigenvalue weighted by atomic mass is 35.5. The van der Waals surface area contributed by atoms with Crippen LogP contribution >= 0.6 is 11.6 Å². The van der Waals surface area contributed by atoms with E-state index in [4.69, 9.17) is 21.2 Å². The van der Waals surface area contributed by atoms with Crippen LogP contribution in [0.3, 0.4) is 0 Å². The number of nitrogens with zero attached hydrogens (tertiary/aromatic N) is 1. The molecule has 7 nitrogen and oxygen atoms in total. The number of nitrogens with one attached hydrogen (secondary N) is 1. The quantitative estimate of drug-likeness (QED) is 0.861. The van der Waals surface area contributed by atoms with Gasteiger partial charge in [-0.3, -0.25) is 0 Å². The van der Waals surface area contributed by atoms with Gasteiger partial charge in [0.2, 0.25) is 10.0 Å². The number of rotatable bonds is 5. The Kier molecular flexibility index (Phi) is 4.55. The third kappa shape index (κ3) is 3.29. The van der Waals surface area contributed by atoms with Gasteiger partial charge in [-0.2, -0.15) is 0 Å². The van der Waals surface area contributed by atoms with Gasteiger partial charge in [-0.1, -0.05) is 16.8 Å². The molecule has 0 radical (unpaired) electrons. The van der Waals surface area contributed by atoms with E-state index in [9.17, 15) is 13.2 Å². The zero-order valence-corrected chi connectivity index (χ0v) is 13.3. The first-order valence-corrected chi connectivity index (χ1v) is 8.06. The molecule has 1 heterocycles. The fourth-order valence-electron chi connectivity index (χ4n) is 1.91. The standard InChI is InChI=1S/C13H13ClN2O5S/c1-7-11(13(17)18)12(21-15-7)8(2)16-22(19,20)10-5-3-9(14)4-6-10/h3-6,8,16H,1-2H3,(H,17,18)/t8-/m1/s1. The molecule has 0 saturated heterocycles. The number of aryl methyl sites for hydroxylation is 1. The monoisotopic (exact) mass is 344 g/mol. The molecular formula is C13H13ClN2O5S. The van der Waals surface area contributed by atoms with Crippen molar-refractivity contribution in [1.82, 2.24) is 9.88 Å². The molecule has 0 saturated carbocycles. The van der Waals surface area contributed by atoms with Gasteiger partial charge in [0.25, 0.3) is 0 Å². The van der Waals surface area contributed by atoms with Crippen LogP contribution in [-0.4, -0.2) is 24.7 Å². The molecule has 0 bridgehead atoms. The molecule has 0 aliphatic rings. The van der Waals surface area contributed by atoms with Crippen LogP contribution in [0.5, 0.6) is 0 Å². The highest BCUT2D eigenvalue weighted by Gasteiger charge is 2.27. The maximum Gasteiger partial charge on any atom is 0.341 e. The first-order valence-electron chi connectivity index (χ1n) is 6.19. The van der Waals surface area contributed by atoms with Crippen molar-refractivity contribution in [1.29, 1.82) is 0 Å². The number of aromatic carboxylic acids is 1. The molecule has 0 amide bonds. The predicted octanol–water partition coefficient (Wildman–Crippen LogP) is 2.37. The van der Waals surface area contributed by atoms with E-state index < -0.39 is 22.0 Å². The molecule has 2 aromatic rings. The molecule has 118 valence electrons. The molecule has 2 rings (SSSR count). The number of carboxylic acid groups (broad SMARTS) is 1. The summed E-state index contributed by atoms with van der Waals surface area (Å²) in [6, 6.07) is 4.69. The lowest BCUT2D eigenvalue weighted by atomic mass is 10.1. The van der Waals surface area contributed by atoms with Gasteiger partial charge < -0.3 is 9.63 Å². The number of carbonyl (C=O) groups is 1. The first kappa shape index (κ1) is 16.5. The van der Waals surface area contributed by atoms with E-state index in [1.54, 1.807) is 0 Å². The number of halogens is 1. The van der Waals surface area contributed by atoms with Crippen LogP contribution in [0.2, 0.25) is 5.02 Å². The smallest absolute Gasteiger partial charge is 0.341 e. The second kappa shape index (κ2) is 6.07. The lowest BCUT2D eigenvalue weighted by Crippen LogP contribution is -2.27. The number of hydrogen-bond acceptors (Lipinski definition) is 5. The Balaban J connectivity index is 2.30. The zero-order chi connectivity index (χ0) is 16.5. The van der Waals surface area contributed by atoms with Gasteiger partial charge >= 0.3 is 5.97 Å². The van der Waals surface area contributed by atoms with Crippen LogP contribution in [0.4, 0.5) is 0 Å². The molecule has 0 aliphatic heterocycles. The number of benzene rings is 1. The zero-order valence-electron chi connectivity index (χ0n) is 11.7. The average molecular weight is 345 g/mol. The minimum atomic E-state index is -3.85. The molecule has 1 aromatic carbocycles. The molecule has 1 aromatic heterocycles. The molecular weight excluding hydrogens is 332 g/mol. The summed E-state index contributed by atoms with van der Waals surface area (Å²) in [6.45, 7) is 2.94. The van der Waals surface area contributed by atoms with Crippen molar-refractivity contribution in [3.63, 3.8) is 0 Å². The van der Waals surface area contributed by atoms with E-state index in [2.05, 4.69) is 9.88 Å². The van der Waals surface area contributed by atoms with Crippen LogP contribution in [0.15, 0.2) is 33.7 Å². The predicted molar refractivity (Wildman–Crippen MR) is 78.4 cm³/mol. The van der Waals surface area contributed by atoms with Crippen molar-refractivity contribution in [2.24, 2.45) is 0 Å². The molecule has 0 spiro atoms. The normalized spacial score (nSPS) is 13.0. The van der Waals surface area contributed by atoms with Crippen molar-refractivity contribution >= 4 is 27.6 Å². The number of hydrogen-bond donors (Lipinski definition) is 2. The molecule has 0 unspecified atom stereocenters. The third-order valence-corrected chi connectivity index (χ3v) is 4.76. The Bertz CT molecular complexity index is 798. The molecule has 2 N–H and O–H groups in total. The van der Waals surface area contributed by atoms with Crippen molar-refractivity contribution in [3.8, 4) is 0 Å². The van der Waals surface area contributed by atoms with Gasteiger partial charge in [0, 0.05) is 5.02 Å². The Morgan fingerprint density at radius 3 is 2.50 bits per heavy atom. The van der Waals surface area contributed by atoms with Crippen LogP contribution < -0.4 is 4.72 Å².